The minimum atomic E-state index is 0.669. The van der Waals surface area contributed by atoms with Crippen LogP contribution in [0, 0.1) is 0 Å². The van der Waals surface area contributed by atoms with Crippen molar-refractivity contribution in [2.45, 2.75) is 26.3 Å². The summed E-state index contributed by atoms with van der Waals surface area (Å²) < 4.78 is 0. The molecule has 0 aliphatic carbocycles. The summed E-state index contributed by atoms with van der Waals surface area (Å²) in [5.41, 5.74) is 3.80. The Balaban J connectivity index is 2.03. The topological polar surface area (TPSA) is 57.4 Å². The van der Waals surface area contributed by atoms with Gasteiger partial charge >= 0.3 is 0 Å². The van der Waals surface area contributed by atoms with Crippen molar-refractivity contribution in [3.63, 3.8) is 0 Å². The van der Waals surface area contributed by atoms with Gasteiger partial charge in [0.05, 0.1) is 0 Å². The largest absolute Gasteiger partial charge is 0.370 e. The summed E-state index contributed by atoms with van der Waals surface area (Å²) in [7, 11) is 0. The van der Waals surface area contributed by atoms with Crippen LogP contribution in [0.1, 0.15) is 20.3 Å². The molecule has 1 aromatic rings. The molecule has 0 bridgehead atoms. The number of likely N-dealkylation sites (N-methyl/N-ethyl adjacent to an activating group) is 1. The molecular weight excluding hydrogens is 226 g/mol. The zero-order valence-corrected chi connectivity index (χ0v) is 11.3. The highest BCUT2D eigenvalue weighted by Gasteiger charge is 2.26. The van der Waals surface area contributed by atoms with E-state index >= 15 is 0 Å². The quantitative estimate of drug-likeness (QED) is 0.608. The molecule has 18 heavy (non-hydrogen) atoms. The van der Waals surface area contributed by atoms with Crippen LogP contribution in [0.5, 0.6) is 0 Å². The molecule has 3 N–H and O–H groups in total. The summed E-state index contributed by atoms with van der Waals surface area (Å²) in [6.07, 6.45) is 3.03. The molecule has 1 unspecified atom stereocenters. The van der Waals surface area contributed by atoms with E-state index in [0.717, 1.165) is 32.0 Å². The van der Waals surface area contributed by atoms with Crippen LogP contribution < -0.4 is 16.2 Å². The Morgan fingerprint density at radius 3 is 2.94 bits per heavy atom. The summed E-state index contributed by atoms with van der Waals surface area (Å²) in [5.74, 6) is 6.12. The van der Waals surface area contributed by atoms with E-state index in [4.69, 9.17) is 5.84 Å². The van der Waals surface area contributed by atoms with Crippen molar-refractivity contribution in [3.05, 3.63) is 18.3 Å². The third kappa shape index (κ3) is 2.73. The van der Waals surface area contributed by atoms with Crippen molar-refractivity contribution < 1.29 is 0 Å². The smallest absolute Gasteiger partial charge is 0.141 e. The second-order valence-corrected chi connectivity index (χ2v) is 4.65. The van der Waals surface area contributed by atoms with Crippen LogP contribution in [0.4, 0.5) is 11.5 Å². The van der Waals surface area contributed by atoms with Gasteiger partial charge in [-0.3, -0.25) is 4.90 Å². The molecule has 1 saturated heterocycles. The Morgan fingerprint density at radius 2 is 2.28 bits per heavy atom. The molecule has 1 atom stereocenters. The number of hydrazine groups is 1. The van der Waals surface area contributed by atoms with Crippen LogP contribution in [0.25, 0.3) is 0 Å². The number of pyridine rings is 1. The van der Waals surface area contributed by atoms with Crippen LogP contribution in [-0.4, -0.2) is 42.1 Å². The number of aromatic nitrogens is 1. The Kier molecular flexibility index (Phi) is 4.38. The van der Waals surface area contributed by atoms with Gasteiger partial charge in [-0.1, -0.05) is 13.8 Å². The minimum Gasteiger partial charge on any atom is -0.370 e. The predicted octanol–water partition coefficient (Wildman–Crippen LogP) is 1.29. The monoisotopic (exact) mass is 249 g/mol. The highest BCUT2D eigenvalue weighted by atomic mass is 15.3. The molecule has 1 aliphatic heterocycles. The van der Waals surface area contributed by atoms with E-state index in [2.05, 4.69) is 34.1 Å². The van der Waals surface area contributed by atoms with Gasteiger partial charge in [0.1, 0.15) is 5.82 Å². The summed E-state index contributed by atoms with van der Waals surface area (Å²) >= 11 is 0. The van der Waals surface area contributed by atoms with Crippen molar-refractivity contribution in [2.75, 3.05) is 36.5 Å². The molecule has 5 nitrogen and oxygen atoms in total. The van der Waals surface area contributed by atoms with Gasteiger partial charge in [0.2, 0.25) is 0 Å². The molecule has 2 rings (SSSR count). The van der Waals surface area contributed by atoms with E-state index < -0.39 is 0 Å². The second kappa shape index (κ2) is 6.02. The SMILES string of the molecule is CCN(CC)C1CCN(c2ccnc(NN)c2)C1. The molecule has 100 valence electrons. The van der Waals surface area contributed by atoms with E-state index in [1.807, 2.05) is 12.1 Å². The third-order valence-corrected chi connectivity index (χ3v) is 3.75. The number of nitrogen functional groups attached to an aromatic ring is 1. The zero-order valence-electron chi connectivity index (χ0n) is 11.3. The molecule has 0 spiro atoms. The lowest BCUT2D eigenvalue weighted by Crippen LogP contribution is -2.37. The average molecular weight is 249 g/mol. The highest BCUT2D eigenvalue weighted by molar-refractivity contribution is 5.54. The van der Waals surface area contributed by atoms with Gasteiger partial charge in [0, 0.05) is 37.1 Å². The second-order valence-electron chi connectivity index (χ2n) is 4.65. The van der Waals surface area contributed by atoms with E-state index in [9.17, 15) is 0 Å². The lowest BCUT2D eigenvalue weighted by Gasteiger charge is -2.26. The predicted molar refractivity (Wildman–Crippen MR) is 75.6 cm³/mol. The van der Waals surface area contributed by atoms with Crippen molar-refractivity contribution in [1.29, 1.82) is 0 Å². The first-order valence-electron chi connectivity index (χ1n) is 6.70. The van der Waals surface area contributed by atoms with Crippen LogP contribution in [-0.2, 0) is 0 Å². The van der Waals surface area contributed by atoms with Gasteiger partial charge in [0.15, 0.2) is 0 Å². The molecule has 0 saturated carbocycles. The molecule has 0 amide bonds. The van der Waals surface area contributed by atoms with Gasteiger partial charge in [-0.25, -0.2) is 10.8 Å². The number of anilines is 2. The van der Waals surface area contributed by atoms with E-state index in [0.29, 0.717) is 6.04 Å². The maximum absolute atomic E-state index is 5.40. The normalized spacial score (nSPS) is 19.6. The van der Waals surface area contributed by atoms with E-state index in [1.165, 1.54) is 12.1 Å². The van der Waals surface area contributed by atoms with Crippen molar-refractivity contribution in [3.8, 4) is 0 Å². The summed E-state index contributed by atoms with van der Waals surface area (Å²) in [6, 6.07) is 4.72. The lowest BCUT2D eigenvalue weighted by molar-refractivity contribution is 0.232. The van der Waals surface area contributed by atoms with E-state index in [1.54, 1.807) is 6.20 Å². The maximum Gasteiger partial charge on any atom is 0.141 e. The number of nitrogens with two attached hydrogens (primary N) is 1. The molecular formula is C13H23N5. The molecule has 0 radical (unpaired) electrons. The molecule has 5 heteroatoms. The standard InChI is InChI=1S/C13H23N5/c1-3-17(4-2)12-6-8-18(10-12)11-5-7-15-13(9-11)16-14/h5,7,9,12H,3-4,6,8,10,14H2,1-2H3,(H,15,16). The number of hydrogen-bond acceptors (Lipinski definition) is 5. The third-order valence-electron chi connectivity index (χ3n) is 3.75. The molecule has 1 aromatic heterocycles. The Morgan fingerprint density at radius 1 is 1.50 bits per heavy atom. The number of nitrogens with one attached hydrogen (secondary N) is 1. The molecule has 2 heterocycles. The minimum absolute atomic E-state index is 0.669. The lowest BCUT2D eigenvalue weighted by atomic mass is 10.2. The first-order chi connectivity index (χ1) is 8.78. The zero-order chi connectivity index (χ0) is 13.0. The number of hydrogen-bond donors (Lipinski definition) is 2. The molecule has 1 fully saturated rings. The Bertz CT molecular complexity index is 377. The average Bonchev–Trinajstić information content (AvgIpc) is 2.90. The van der Waals surface area contributed by atoms with Gasteiger partial charge in [-0.05, 0) is 25.6 Å². The number of rotatable bonds is 5. The van der Waals surface area contributed by atoms with E-state index in [-0.39, 0.29) is 0 Å². The van der Waals surface area contributed by atoms with Gasteiger partial charge in [-0.15, -0.1) is 0 Å². The van der Waals surface area contributed by atoms with Crippen molar-refractivity contribution in [1.82, 2.24) is 9.88 Å². The highest BCUT2D eigenvalue weighted by Crippen LogP contribution is 2.24. The Labute approximate surface area is 109 Å². The van der Waals surface area contributed by atoms with Crippen molar-refractivity contribution in [2.24, 2.45) is 5.84 Å². The fraction of sp³-hybridized carbons (Fsp3) is 0.615. The van der Waals surface area contributed by atoms with Gasteiger partial charge in [-0.2, -0.15) is 0 Å². The van der Waals surface area contributed by atoms with Crippen LogP contribution >= 0.6 is 0 Å². The van der Waals surface area contributed by atoms with Gasteiger partial charge in [0.25, 0.3) is 0 Å². The summed E-state index contributed by atoms with van der Waals surface area (Å²) in [6.45, 7) is 8.91. The first kappa shape index (κ1) is 13.1. The summed E-state index contributed by atoms with van der Waals surface area (Å²) in [4.78, 5) is 9.08. The van der Waals surface area contributed by atoms with Crippen LogP contribution in [0.2, 0.25) is 0 Å². The Hall–Kier alpha value is -1.33. The van der Waals surface area contributed by atoms with Crippen molar-refractivity contribution >= 4 is 11.5 Å². The van der Waals surface area contributed by atoms with Crippen LogP contribution in [0.15, 0.2) is 18.3 Å². The van der Waals surface area contributed by atoms with Gasteiger partial charge < -0.3 is 10.3 Å². The molecule has 1 aliphatic rings. The van der Waals surface area contributed by atoms with Crippen LogP contribution in [0.3, 0.4) is 0 Å². The maximum atomic E-state index is 5.40. The summed E-state index contributed by atoms with van der Waals surface area (Å²) in [5, 5.41) is 0. The molecule has 0 aromatic carbocycles. The first-order valence-corrected chi connectivity index (χ1v) is 6.70. The fourth-order valence-corrected chi connectivity index (χ4v) is 2.71. The fourth-order valence-electron chi connectivity index (χ4n) is 2.71. The number of nitrogens with zero attached hydrogens (tertiary/aromatic N) is 3.